The Labute approximate surface area is 176 Å². The van der Waals surface area contributed by atoms with Crippen molar-refractivity contribution in [1.82, 2.24) is 15.0 Å². The minimum Gasteiger partial charge on any atom is -0.424 e. The van der Waals surface area contributed by atoms with E-state index >= 15 is 0 Å². The largest absolute Gasteiger partial charge is 0.424 e. The number of aryl methyl sites for hydroxylation is 2. The van der Waals surface area contributed by atoms with Crippen LogP contribution in [0.15, 0.2) is 58.1 Å². The first-order valence-corrected chi connectivity index (χ1v) is 9.64. The van der Waals surface area contributed by atoms with Gasteiger partial charge >= 0.3 is 11.6 Å². The van der Waals surface area contributed by atoms with Gasteiger partial charge < -0.3 is 9.15 Å². The number of fused-ring (bicyclic) bond motifs is 1. The summed E-state index contributed by atoms with van der Waals surface area (Å²) in [6.45, 7) is 7.41. The molecule has 0 fully saturated rings. The predicted molar refractivity (Wildman–Crippen MR) is 117 cm³/mol. The van der Waals surface area contributed by atoms with E-state index in [-0.39, 0.29) is 15.3 Å². The van der Waals surface area contributed by atoms with Gasteiger partial charge in [-0.2, -0.15) is 0 Å². The summed E-state index contributed by atoms with van der Waals surface area (Å²) < 4.78 is 25.4. The van der Waals surface area contributed by atoms with Gasteiger partial charge in [0.1, 0.15) is 17.1 Å². The molecular formula is C23H26FN3O3. The lowest BCUT2D eigenvalue weighted by atomic mass is 9.99. The first kappa shape index (κ1) is 21.1. The maximum absolute atomic E-state index is 14.3. The second-order valence-electron chi connectivity index (χ2n) is 6.33. The van der Waals surface area contributed by atoms with Gasteiger partial charge in [-0.3, -0.25) is 4.98 Å². The minimum atomic E-state index is -0.507. The molecule has 158 valence electrons. The third-order valence-corrected chi connectivity index (χ3v) is 4.52. The van der Waals surface area contributed by atoms with Crippen LogP contribution >= 0.6 is 0 Å². The fraction of sp³-hybridized carbons (Fsp3) is 0.217. The molecule has 0 aliphatic rings. The van der Waals surface area contributed by atoms with E-state index in [1.54, 1.807) is 49.6 Å². The third-order valence-electron chi connectivity index (χ3n) is 4.52. The summed E-state index contributed by atoms with van der Waals surface area (Å²) >= 11 is 0. The second kappa shape index (κ2) is 9.26. The van der Waals surface area contributed by atoms with E-state index in [1.165, 1.54) is 6.20 Å². The Kier molecular flexibility index (Phi) is 6.51. The highest BCUT2D eigenvalue weighted by atomic mass is 19.1. The van der Waals surface area contributed by atoms with Gasteiger partial charge in [-0.1, -0.05) is 13.8 Å². The summed E-state index contributed by atoms with van der Waals surface area (Å²) in [5, 5.41) is 0.752. The van der Waals surface area contributed by atoms with Crippen LogP contribution < -0.4 is 10.4 Å². The predicted octanol–water partition coefficient (Wildman–Crippen LogP) is 5.64. The molecule has 0 saturated carbocycles. The smallest absolute Gasteiger partial charge is 0.340 e. The Hall–Kier alpha value is -3.61. The van der Waals surface area contributed by atoms with Crippen molar-refractivity contribution in [2.75, 3.05) is 0 Å². The van der Waals surface area contributed by atoms with E-state index in [2.05, 4.69) is 15.0 Å². The zero-order valence-electron chi connectivity index (χ0n) is 17.3. The van der Waals surface area contributed by atoms with Crippen molar-refractivity contribution in [2.45, 2.75) is 34.1 Å². The van der Waals surface area contributed by atoms with Gasteiger partial charge in [0.2, 0.25) is 0 Å². The molecule has 0 N–H and O–H groups in total. The van der Waals surface area contributed by atoms with E-state index in [4.69, 9.17) is 9.15 Å². The number of pyridine rings is 1. The topological polar surface area (TPSA) is 78.1 Å². The molecule has 0 aliphatic heterocycles. The molecule has 0 amide bonds. The Morgan fingerprint density at radius 1 is 1.07 bits per heavy atom. The van der Waals surface area contributed by atoms with Gasteiger partial charge in [0.05, 0.1) is 5.69 Å². The lowest BCUT2D eigenvalue weighted by Crippen LogP contribution is -2.12. The molecule has 0 radical (unpaired) electrons. The van der Waals surface area contributed by atoms with Crippen molar-refractivity contribution in [2.24, 2.45) is 0 Å². The highest BCUT2D eigenvalue weighted by Crippen LogP contribution is 2.27. The van der Waals surface area contributed by atoms with Crippen molar-refractivity contribution in [3.05, 3.63) is 87.5 Å². The van der Waals surface area contributed by atoms with Crippen LogP contribution in [0.25, 0.3) is 11.0 Å². The number of ether oxygens (including phenoxy) is 1. The van der Waals surface area contributed by atoms with Gasteiger partial charge in [-0.15, -0.1) is 0 Å². The monoisotopic (exact) mass is 411 g/mol. The lowest BCUT2D eigenvalue weighted by Gasteiger charge is -2.10. The van der Waals surface area contributed by atoms with E-state index in [1.807, 2.05) is 20.8 Å². The molecule has 4 aromatic rings. The molecule has 0 atom stereocenters. The quantitative estimate of drug-likeness (QED) is 0.405. The molecule has 30 heavy (non-hydrogen) atoms. The van der Waals surface area contributed by atoms with Gasteiger partial charge in [-0.05, 0) is 49.2 Å². The molecule has 3 aromatic heterocycles. The zero-order valence-corrected chi connectivity index (χ0v) is 17.3. The van der Waals surface area contributed by atoms with Crippen LogP contribution in [0.2, 0.25) is 0 Å². The summed E-state index contributed by atoms with van der Waals surface area (Å²) in [4.78, 5) is 24.5. The molecule has 0 saturated heterocycles. The molecule has 7 heteroatoms. The maximum atomic E-state index is 14.3. The molecule has 4 rings (SSSR count). The Balaban J connectivity index is 0.00000125. The Morgan fingerprint density at radius 3 is 2.53 bits per heavy atom. The van der Waals surface area contributed by atoms with Crippen LogP contribution in [0.1, 0.15) is 39.1 Å². The highest BCUT2D eigenvalue weighted by molar-refractivity contribution is 5.82. The van der Waals surface area contributed by atoms with Gasteiger partial charge in [0.25, 0.3) is 0 Å². The lowest BCUT2D eigenvalue weighted by molar-refractivity contribution is 0.440. The first-order chi connectivity index (χ1) is 14.5. The van der Waals surface area contributed by atoms with Crippen molar-refractivity contribution >= 4 is 11.0 Å². The molecule has 6 nitrogen and oxygen atoms in total. The average Bonchev–Trinajstić information content (AvgIpc) is 2.76. The number of hydrogen-bond acceptors (Lipinski definition) is 6. The van der Waals surface area contributed by atoms with Crippen LogP contribution in [-0.2, 0) is 6.42 Å². The van der Waals surface area contributed by atoms with E-state index in [0.29, 0.717) is 28.2 Å². The number of aromatic nitrogens is 3. The average molecular weight is 411 g/mol. The Morgan fingerprint density at radius 2 is 1.80 bits per heavy atom. The number of nitrogens with zero attached hydrogens (tertiary/aromatic N) is 3. The highest BCUT2D eigenvalue weighted by Gasteiger charge is 2.16. The van der Waals surface area contributed by atoms with Crippen molar-refractivity contribution in [3.8, 4) is 11.8 Å². The fourth-order valence-electron chi connectivity index (χ4n) is 3.01. The van der Waals surface area contributed by atoms with Crippen molar-refractivity contribution in [1.29, 1.82) is 0 Å². The molecule has 3 heterocycles. The summed E-state index contributed by atoms with van der Waals surface area (Å²) in [5.41, 5.74) is 1.73. The molecule has 0 aliphatic carbocycles. The number of benzene rings is 1. The maximum Gasteiger partial charge on any atom is 0.340 e. The fourth-order valence-corrected chi connectivity index (χ4v) is 3.01. The summed E-state index contributed by atoms with van der Waals surface area (Å²) in [6.07, 6.45) is 4.80. The van der Waals surface area contributed by atoms with Gasteiger partial charge in [0.15, 0.2) is 0 Å². The van der Waals surface area contributed by atoms with Crippen molar-refractivity contribution in [3.63, 3.8) is 0 Å². The number of hydrogen-bond donors (Lipinski definition) is 0. The first-order valence-electron chi connectivity index (χ1n) is 9.64. The van der Waals surface area contributed by atoms with E-state index in [9.17, 15) is 9.18 Å². The zero-order chi connectivity index (χ0) is 21.7. The molecule has 0 unspecified atom stereocenters. The normalized spacial score (nSPS) is 10.4. The number of halogens is 1. The van der Waals surface area contributed by atoms with Crippen LogP contribution in [0.3, 0.4) is 0 Å². The molecular weight excluding hydrogens is 385 g/mol. The number of rotatable bonds is 4. The van der Waals surface area contributed by atoms with Gasteiger partial charge in [-0.25, -0.2) is 19.2 Å². The van der Waals surface area contributed by atoms with Gasteiger partial charge in [0, 0.05) is 44.9 Å². The summed E-state index contributed by atoms with van der Waals surface area (Å²) in [7, 11) is 0. The second-order valence-corrected chi connectivity index (χ2v) is 6.33. The summed E-state index contributed by atoms with van der Waals surface area (Å²) in [6, 6.07) is 8.60. The van der Waals surface area contributed by atoms with Crippen molar-refractivity contribution < 1.29 is 16.4 Å². The van der Waals surface area contributed by atoms with Crippen LogP contribution in [0, 0.1) is 19.7 Å². The molecule has 1 aromatic carbocycles. The summed E-state index contributed by atoms with van der Waals surface area (Å²) in [5.74, 6) is 0.0396. The van der Waals surface area contributed by atoms with E-state index in [0.717, 1.165) is 10.9 Å². The molecule has 0 bridgehead atoms. The van der Waals surface area contributed by atoms with Crippen LogP contribution in [0.5, 0.6) is 11.8 Å². The van der Waals surface area contributed by atoms with Crippen LogP contribution in [-0.4, -0.2) is 15.0 Å². The third kappa shape index (κ3) is 4.35. The van der Waals surface area contributed by atoms with E-state index < -0.39 is 11.4 Å². The minimum absolute atomic E-state index is 0. The Bertz CT molecular complexity index is 1230. The molecule has 0 spiro atoms. The SMILES string of the molecule is CC.Cc1nccc(Cc2c(C)c3ccc(Oc4ncccn4)cc3oc2=O)c1F.[HH].[HH]. The standard InChI is InChI=1S/C21H16FN3O3.C2H6.2H2/c1-12-16-5-4-15(27-21-24-7-3-8-25-21)11-18(16)28-20(26)17(12)10-14-6-9-23-13(2)19(14)22;1-2;;/h3-9,11H,10H2,1-2H3;1-2H3;2*1H. The van der Waals surface area contributed by atoms with Crippen LogP contribution in [0.4, 0.5) is 4.39 Å².